The third kappa shape index (κ3) is 2.43. The van der Waals surface area contributed by atoms with E-state index in [1.165, 1.54) is 0 Å². The molecule has 1 N–H and O–H groups in total. The lowest BCUT2D eigenvalue weighted by Crippen LogP contribution is -2.26. The lowest BCUT2D eigenvalue weighted by Gasteiger charge is -2.14. The number of alkyl halides is 3. The zero-order valence-corrected chi connectivity index (χ0v) is 9.23. The maximum absolute atomic E-state index is 12.2. The summed E-state index contributed by atoms with van der Waals surface area (Å²) in [6.07, 6.45) is -3.73. The second-order valence-corrected chi connectivity index (χ2v) is 4.29. The topological polar surface area (TPSA) is 47.0 Å². The van der Waals surface area contributed by atoms with Crippen molar-refractivity contribution < 1.29 is 17.9 Å². The molecule has 1 aliphatic rings. The van der Waals surface area contributed by atoms with Crippen molar-refractivity contribution in [3.63, 3.8) is 0 Å². The van der Waals surface area contributed by atoms with Gasteiger partial charge in [0.2, 0.25) is 11.0 Å². The van der Waals surface area contributed by atoms with Crippen LogP contribution in [0.25, 0.3) is 0 Å². The number of halogens is 3. The van der Waals surface area contributed by atoms with Gasteiger partial charge in [-0.05, 0) is 13.3 Å². The van der Waals surface area contributed by atoms with E-state index in [-0.39, 0.29) is 17.3 Å². The largest absolute Gasteiger partial charge is 0.452 e. The summed E-state index contributed by atoms with van der Waals surface area (Å²) in [5.41, 5.74) is 0. The summed E-state index contributed by atoms with van der Waals surface area (Å²) in [6, 6.07) is 0.00836. The van der Waals surface area contributed by atoms with Crippen molar-refractivity contribution in [2.24, 2.45) is 0 Å². The first kappa shape index (κ1) is 11.6. The van der Waals surface area contributed by atoms with Crippen LogP contribution in [0.4, 0.5) is 18.3 Å². The first-order valence-electron chi connectivity index (χ1n) is 4.76. The normalized spacial score (nSPS) is 26.0. The Labute approximate surface area is 94.0 Å². The van der Waals surface area contributed by atoms with Gasteiger partial charge in [0, 0.05) is 18.1 Å². The quantitative estimate of drug-likeness (QED) is 0.877. The molecule has 0 aliphatic carbocycles. The monoisotopic (exact) mass is 253 g/mol. The lowest BCUT2D eigenvalue weighted by molar-refractivity contribution is -0.144. The van der Waals surface area contributed by atoms with Crippen LogP contribution >= 0.6 is 11.5 Å². The number of nitrogens with zero attached hydrogens (tertiary/aromatic N) is 2. The van der Waals surface area contributed by atoms with Crippen LogP contribution in [0.2, 0.25) is 0 Å². The minimum Gasteiger partial charge on any atom is -0.376 e. The van der Waals surface area contributed by atoms with Crippen molar-refractivity contribution >= 4 is 16.7 Å². The van der Waals surface area contributed by atoms with E-state index in [0.29, 0.717) is 6.61 Å². The number of rotatable bonds is 2. The molecule has 0 aromatic carbocycles. The van der Waals surface area contributed by atoms with Crippen molar-refractivity contribution in [1.29, 1.82) is 0 Å². The molecule has 2 unspecified atom stereocenters. The summed E-state index contributed by atoms with van der Waals surface area (Å²) in [6.45, 7) is 2.49. The second kappa shape index (κ2) is 4.17. The minimum atomic E-state index is -4.48. The fourth-order valence-electron chi connectivity index (χ4n) is 1.48. The van der Waals surface area contributed by atoms with E-state index < -0.39 is 12.0 Å². The average molecular weight is 253 g/mol. The number of hydrogen-bond donors (Lipinski definition) is 1. The standard InChI is InChI=1S/C8H10F3N3OS/c1-4-5(2-3-15-4)12-7-13-6(14-16-7)8(9,10)11/h4-5H,2-3H2,1H3,(H,12,13,14). The smallest absolute Gasteiger partial charge is 0.376 e. The molecular weight excluding hydrogens is 243 g/mol. The fraction of sp³-hybridized carbons (Fsp3) is 0.750. The molecule has 90 valence electrons. The highest BCUT2D eigenvalue weighted by atomic mass is 32.1. The molecule has 8 heteroatoms. The van der Waals surface area contributed by atoms with Crippen molar-refractivity contribution in [2.45, 2.75) is 31.7 Å². The van der Waals surface area contributed by atoms with E-state index in [2.05, 4.69) is 14.7 Å². The summed E-state index contributed by atoms with van der Waals surface area (Å²) < 4.78 is 45.2. The van der Waals surface area contributed by atoms with Gasteiger partial charge in [0.05, 0.1) is 12.1 Å². The number of ether oxygens (including phenoxy) is 1. The van der Waals surface area contributed by atoms with Gasteiger partial charge in [0.25, 0.3) is 0 Å². The molecular formula is C8H10F3N3OS. The summed E-state index contributed by atoms with van der Waals surface area (Å²) in [4.78, 5) is 3.40. The molecule has 0 saturated carbocycles. The van der Waals surface area contributed by atoms with E-state index in [1.54, 1.807) is 0 Å². The number of anilines is 1. The predicted octanol–water partition coefficient (Wildman–Crippen LogP) is 2.15. The zero-order chi connectivity index (χ0) is 11.8. The minimum absolute atomic E-state index is 0.00836. The van der Waals surface area contributed by atoms with Gasteiger partial charge < -0.3 is 10.1 Å². The average Bonchev–Trinajstić information content (AvgIpc) is 2.76. The third-order valence-electron chi connectivity index (χ3n) is 2.36. The molecule has 2 rings (SSSR count). The van der Waals surface area contributed by atoms with Crippen molar-refractivity contribution in [3.05, 3.63) is 5.82 Å². The van der Waals surface area contributed by atoms with Crippen LogP contribution in [0.1, 0.15) is 19.2 Å². The Balaban J connectivity index is 2.03. The van der Waals surface area contributed by atoms with E-state index in [1.807, 2.05) is 6.92 Å². The molecule has 1 aromatic heterocycles. The molecule has 1 aliphatic heterocycles. The molecule has 0 bridgehead atoms. The summed E-state index contributed by atoms with van der Waals surface area (Å²) in [5.74, 6) is -1.09. The van der Waals surface area contributed by atoms with Gasteiger partial charge in [0.1, 0.15) is 0 Å². The van der Waals surface area contributed by atoms with Gasteiger partial charge in [0.15, 0.2) is 0 Å². The Hall–Kier alpha value is -0.890. The Bertz CT molecular complexity index is 368. The first-order chi connectivity index (χ1) is 7.47. The highest BCUT2D eigenvalue weighted by Gasteiger charge is 2.36. The van der Waals surface area contributed by atoms with Crippen LogP contribution in [0.3, 0.4) is 0 Å². The molecule has 2 atom stereocenters. The van der Waals surface area contributed by atoms with Crippen molar-refractivity contribution in [3.8, 4) is 0 Å². The molecule has 0 amide bonds. The molecule has 2 heterocycles. The van der Waals surface area contributed by atoms with Crippen LogP contribution in [-0.4, -0.2) is 28.1 Å². The van der Waals surface area contributed by atoms with Gasteiger partial charge in [-0.1, -0.05) is 0 Å². The second-order valence-electron chi connectivity index (χ2n) is 3.54. The lowest BCUT2D eigenvalue weighted by atomic mass is 10.2. The van der Waals surface area contributed by atoms with Crippen molar-refractivity contribution in [2.75, 3.05) is 11.9 Å². The van der Waals surface area contributed by atoms with E-state index in [4.69, 9.17) is 4.74 Å². The van der Waals surface area contributed by atoms with Crippen LogP contribution in [0, 0.1) is 0 Å². The summed E-state index contributed by atoms with van der Waals surface area (Å²) in [7, 11) is 0. The molecule has 0 spiro atoms. The zero-order valence-electron chi connectivity index (χ0n) is 8.41. The Morgan fingerprint density at radius 2 is 2.25 bits per heavy atom. The highest BCUT2D eigenvalue weighted by molar-refractivity contribution is 7.09. The SMILES string of the molecule is CC1OCCC1Nc1nc(C(F)(F)F)ns1. The molecule has 1 fully saturated rings. The van der Waals surface area contributed by atoms with Crippen LogP contribution < -0.4 is 5.32 Å². The van der Waals surface area contributed by atoms with Gasteiger partial charge in [-0.2, -0.15) is 22.5 Å². The maximum Gasteiger partial charge on any atom is 0.452 e. The van der Waals surface area contributed by atoms with E-state index in [0.717, 1.165) is 18.0 Å². The Kier molecular flexibility index (Phi) is 3.02. The predicted molar refractivity (Wildman–Crippen MR) is 52.4 cm³/mol. The fourth-order valence-corrected chi connectivity index (χ4v) is 2.13. The Morgan fingerprint density at radius 1 is 1.50 bits per heavy atom. The number of hydrogen-bond acceptors (Lipinski definition) is 5. The van der Waals surface area contributed by atoms with Crippen LogP contribution in [0.5, 0.6) is 0 Å². The highest BCUT2D eigenvalue weighted by Crippen LogP contribution is 2.29. The molecule has 0 radical (unpaired) electrons. The van der Waals surface area contributed by atoms with Crippen LogP contribution in [-0.2, 0) is 10.9 Å². The van der Waals surface area contributed by atoms with Gasteiger partial charge >= 0.3 is 6.18 Å². The van der Waals surface area contributed by atoms with Crippen LogP contribution in [0.15, 0.2) is 0 Å². The van der Waals surface area contributed by atoms with Gasteiger partial charge in [-0.3, -0.25) is 0 Å². The maximum atomic E-state index is 12.2. The molecule has 4 nitrogen and oxygen atoms in total. The van der Waals surface area contributed by atoms with Gasteiger partial charge in [-0.25, -0.2) is 0 Å². The van der Waals surface area contributed by atoms with E-state index >= 15 is 0 Å². The molecule has 1 saturated heterocycles. The molecule has 1 aromatic rings. The first-order valence-corrected chi connectivity index (χ1v) is 5.53. The summed E-state index contributed by atoms with van der Waals surface area (Å²) in [5, 5.41) is 3.09. The third-order valence-corrected chi connectivity index (χ3v) is 3.01. The summed E-state index contributed by atoms with van der Waals surface area (Å²) >= 11 is 0.718. The molecule has 16 heavy (non-hydrogen) atoms. The number of nitrogens with one attached hydrogen (secondary N) is 1. The number of aromatic nitrogens is 2. The Morgan fingerprint density at radius 3 is 2.75 bits per heavy atom. The van der Waals surface area contributed by atoms with Gasteiger partial charge in [-0.15, -0.1) is 0 Å². The van der Waals surface area contributed by atoms with E-state index in [9.17, 15) is 13.2 Å². The van der Waals surface area contributed by atoms with Crippen molar-refractivity contribution in [1.82, 2.24) is 9.36 Å².